The minimum Gasteiger partial charge on any atom is -0.465 e. The third-order valence-electron chi connectivity index (χ3n) is 2.18. The number of rotatable bonds is 3. The van der Waals surface area contributed by atoms with Gasteiger partial charge in [-0.2, -0.15) is 11.8 Å². The highest BCUT2D eigenvalue weighted by Crippen LogP contribution is 2.13. The van der Waals surface area contributed by atoms with E-state index in [1.807, 2.05) is 16.9 Å². The summed E-state index contributed by atoms with van der Waals surface area (Å²) in [6, 6.07) is 3.46. The summed E-state index contributed by atoms with van der Waals surface area (Å²) in [5.74, 6) is 1.19. The molecule has 0 aromatic carbocycles. The summed E-state index contributed by atoms with van der Waals surface area (Å²) in [5.41, 5.74) is 0.975. The Bertz CT molecular complexity index is 524. The quantitative estimate of drug-likeness (QED) is 0.755. The number of hydrogen-bond acceptors (Lipinski definition) is 5. The van der Waals surface area contributed by atoms with E-state index in [4.69, 9.17) is 0 Å². The minimum atomic E-state index is -0.395. The molecule has 0 saturated heterocycles. The Balaban J connectivity index is 2.57. The first kappa shape index (κ1) is 10.9. The van der Waals surface area contributed by atoms with Crippen LogP contribution in [-0.2, 0) is 10.5 Å². The molecule has 0 aliphatic carbocycles. The number of hydrogen-bond donors (Lipinski definition) is 0. The molecule has 5 nitrogen and oxygen atoms in total. The molecule has 0 aliphatic rings. The van der Waals surface area contributed by atoms with E-state index in [0.717, 1.165) is 11.6 Å². The fourth-order valence-corrected chi connectivity index (χ4v) is 1.92. The zero-order chi connectivity index (χ0) is 11.5. The van der Waals surface area contributed by atoms with Crippen molar-refractivity contribution in [3.63, 3.8) is 0 Å². The third kappa shape index (κ3) is 1.76. The van der Waals surface area contributed by atoms with Gasteiger partial charge in [0.25, 0.3) is 0 Å². The van der Waals surface area contributed by atoms with Crippen molar-refractivity contribution in [1.29, 1.82) is 0 Å². The molecule has 0 unspecified atom stereocenters. The van der Waals surface area contributed by atoms with E-state index in [1.54, 1.807) is 23.9 Å². The van der Waals surface area contributed by atoms with E-state index in [9.17, 15) is 4.79 Å². The van der Waals surface area contributed by atoms with Crippen LogP contribution in [0.4, 0.5) is 0 Å². The minimum absolute atomic E-state index is 0.395. The maximum atomic E-state index is 11.5. The van der Waals surface area contributed by atoms with Crippen LogP contribution in [0.3, 0.4) is 0 Å². The lowest BCUT2D eigenvalue weighted by molar-refractivity contribution is 0.0602. The van der Waals surface area contributed by atoms with Gasteiger partial charge < -0.3 is 4.74 Å². The highest BCUT2D eigenvalue weighted by Gasteiger charge is 2.14. The number of carbonyl (C=O) groups is 1. The molecule has 84 valence electrons. The van der Waals surface area contributed by atoms with Crippen LogP contribution < -0.4 is 0 Å². The van der Waals surface area contributed by atoms with E-state index in [-0.39, 0.29) is 0 Å². The molecule has 16 heavy (non-hydrogen) atoms. The van der Waals surface area contributed by atoms with Crippen LogP contribution in [0.1, 0.15) is 16.2 Å². The van der Waals surface area contributed by atoms with Gasteiger partial charge in [0.1, 0.15) is 11.4 Å². The lowest BCUT2D eigenvalue weighted by Crippen LogP contribution is -2.04. The molecule has 0 saturated carbocycles. The Kier molecular flexibility index (Phi) is 3.09. The molecular formula is C10H11N3O2S. The Morgan fingerprint density at radius 2 is 2.38 bits per heavy atom. The second-order valence-corrected chi connectivity index (χ2v) is 4.02. The Morgan fingerprint density at radius 1 is 1.56 bits per heavy atom. The second-order valence-electron chi connectivity index (χ2n) is 3.16. The van der Waals surface area contributed by atoms with Crippen LogP contribution in [0.2, 0.25) is 0 Å². The van der Waals surface area contributed by atoms with Crippen LogP contribution >= 0.6 is 11.8 Å². The van der Waals surface area contributed by atoms with E-state index in [0.29, 0.717) is 11.2 Å². The van der Waals surface area contributed by atoms with Crippen molar-refractivity contribution in [2.24, 2.45) is 0 Å². The Hall–Kier alpha value is -1.56. The number of ether oxygens (including phenoxy) is 1. The van der Waals surface area contributed by atoms with Crippen LogP contribution in [-0.4, -0.2) is 33.9 Å². The third-order valence-corrected chi connectivity index (χ3v) is 2.73. The van der Waals surface area contributed by atoms with E-state index in [1.165, 1.54) is 7.11 Å². The highest BCUT2D eigenvalue weighted by atomic mass is 32.2. The van der Waals surface area contributed by atoms with Crippen molar-refractivity contribution in [3.8, 4) is 0 Å². The SMILES string of the molecule is COC(=O)c1cccn2c(CSC)nnc12. The van der Waals surface area contributed by atoms with Crippen LogP contribution in [0.15, 0.2) is 18.3 Å². The van der Waals surface area contributed by atoms with Crippen LogP contribution in [0.25, 0.3) is 5.65 Å². The molecule has 2 aromatic heterocycles. The summed E-state index contributed by atoms with van der Waals surface area (Å²) in [5, 5.41) is 8.05. The maximum Gasteiger partial charge on any atom is 0.341 e. The first-order valence-corrected chi connectivity index (χ1v) is 6.07. The zero-order valence-corrected chi connectivity index (χ0v) is 9.82. The first-order chi connectivity index (χ1) is 7.77. The van der Waals surface area contributed by atoms with Crippen molar-refractivity contribution in [3.05, 3.63) is 29.7 Å². The number of methoxy groups -OCH3 is 1. The Labute approximate surface area is 96.8 Å². The predicted octanol–water partition coefficient (Wildman–Crippen LogP) is 1.38. The average molecular weight is 237 g/mol. The summed E-state index contributed by atoms with van der Waals surface area (Å²) in [6.45, 7) is 0. The number of carbonyl (C=O) groups excluding carboxylic acids is 1. The highest BCUT2D eigenvalue weighted by molar-refractivity contribution is 7.97. The van der Waals surface area contributed by atoms with Gasteiger partial charge in [-0.3, -0.25) is 4.40 Å². The summed E-state index contributed by atoms with van der Waals surface area (Å²) in [6.07, 6.45) is 3.83. The van der Waals surface area contributed by atoms with Crippen LogP contribution in [0, 0.1) is 0 Å². The lowest BCUT2D eigenvalue weighted by Gasteiger charge is -2.01. The largest absolute Gasteiger partial charge is 0.465 e. The monoisotopic (exact) mass is 237 g/mol. The fourth-order valence-electron chi connectivity index (χ4n) is 1.46. The van der Waals surface area contributed by atoms with Crippen LogP contribution in [0.5, 0.6) is 0 Å². The van der Waals surface area contributed by atoms with Gasteiger partial charge in [0.15, 0.2) is 5.65 Å². The van der Waals surface area contributed by atoms with Crippen molar-refractivity contribution in [2.45, 2.75) is 5.75 Å². The number of esters is 1. The topological polar surface area (TPSA) is 56.5 Å². The van der Waals surface area contributed by atoms with Gasteiger partial charge in [0.05, 0.1) is 12.9 Å². The van der Waals surface area contributed by atoms with E-state index in [2.05, 4.69) is 14.9 Å². The van der Waals surface area contributed by atoms with Gasteiger partial charge in [0.2, 0.25) is 0 Å². The molecule has 6 heteroatoms. The molecule has 2 aromatic rings. The second kappa shape index (κ2) is 4.52. The molecule has 0 atom stereocenters. The summed E-state index contributed by atoms with van der Waals surface area (Å²) < 4.78 is 6.50. The molecule has 2 rings (SSSR count). The molecule has 0 bridgehead atoms. The fraction of sp³-hybridized carbons (Fsp3) is 0.300. The van der Waals surface area contributed by atoms with Crippen molar-refractivity contribution < 1.29 is 9.53 Å². The first-order valence-electron chi connectivity index (χ1n) is 4.67. The number of aromatic nitrogens is 3. The van der Waals surface area contributed by atoms with Crippen molar-refractivity contribution in [2.75, 3.05) is 13.4 Å². The molecule has 0 radical (unpaired) electrons. The number of nitrogens with zero attached hydrogens (tertiary/aromatic N) is 3. The number of pyridine rings is 1. The normalized spacial score (nSPS) is 10.6. The molecule has 2 heterocycles. The number of fused-ring (bicyclic) bond motifs is 1. The summed E-state index contributed by atoms with van der Waals surface area (Å²) in [4.78, 5) is 11.5. The van der Waals surface area contributed by atoms with Crippen molar-refractivity contribution in [1.82, 2.24) is 14.6 Å². The van der Waals surface area contributed by atoms with E-state index < -0.39 is 5.97 Å². The molecule has 0 spiro atoms. The van der Waals surface area contributed by atoms with Crippen molar-refractivity contribution >= 4 is 23.4 Å². The van der Waals surface area contributed by atoms with Gasteiger partial charge in [-0.1, -0.05) is 0 Å². The maximum absolute atomic E-state index is 11.5. The van der Waals surface area contributed by atoms with E-state index >= 15 is 0 Å². The zero-order valence-electron chi connectivity index (χ0n) is 9.01. The van der Waals surface area contributed by atoms with Gasteiger partial charge in [-0.15, -0.1) is 10.2 Å². The standard InChI is InChI=1S/C10H11N3O2S/c1-15-10(14)7-4-3-5-13-8(6-16-2)11-12-9(7)13/h3-5H,6H2,1-2H3. The lowest BCUT2D eigenvalue weighted by atomic mass is 10.3. The van der Waals surface area contributed by atoms with Gasteiger partial charge in [0, 0.05) is 6.20 Å². The summed E-state index contributed by atoms with van der Waals surface area (Å²) >= 11 is 1.65. The predicted molar refractivity (Wildman–Crippen MR) is 61.5 cm³/mol. The summed E-state index contributed by atoms with van der Waals surface area (Å²) in [7, 11) is 1.35. The smallest absolute Gasteiger partial charge is 0.341 e. The Morgan fingerprint density at radius 3 is 3.06 bits per heavy atom. The number of thioether (sulfide) groups is 1. The van der Waals surface area contributed by atoms with Gasteiger partial charge in [-0.05, 0) is 18.4 Å². The molecule has 0 fully saturated rings. The van der Waals surface area contributed by atoms with Gasteiger partial charge >= 0.3 is 5.97 Å². The molecule has 0 amide bonds. The van der Waals surface area contributed by atoms with Gasteiger partial charge in [-0.25, -0.2) is 4.79 Å². The molecule has 0 aliphatic heterocycles. The molecular weight excluding hydrogens is 226 g/mol. The molecule has 0 N–H and O–H groups in total. The average Bonchev–Trinajstić information content (AvgIpc) is 2.72.